The maximum absolute atomic E-state index is 13.1. The average molecular weight is 325 g/mol. The van der Waals surface area contributed by atoms with Crippen LogP contribution < -0.4 is 10.6 Å². The normalized spacial score (nSPS) is 29.2. The van der Waals surface area contributed by atoms with Crippen LogP contribution in [0.4, 0.5) is 5.69 Å². The highest BCUT2D eigenvalue weighted by Gasteiger charge is 2.49. The number of nitrogens with one attached hydrogen (secondary N) is 2. The van der Waals surface area contributed by atoms with Gasteiger partial charge in [-0.1, -0.05) is 25.1 Å². The van der Waals surface area contributed by atoms with Gasteiger partial charge in [-0.2, -0.15) is 0 Å². The third-order valence-electron chi connectivity index (χ3n) is 5.91. The van der Waals surface area contributed by atoms with Crippen molar-refractivity contribution in [3.63, 3.8) is 0 Å². The van der Waals surface area contributed by atoms with Crippen LogP contribution in [-0.4, -0.2) is 29.6 Å². The van der Waals surface area contributed by atoms with E-state index in [0.717, 1.165) is 50.0 Å². The molecule has 3 aliphatic rings. The number of para-hydroxylation sites is 1. The molecule has 1 aromatic carbocycles. The van der Waals surface area contributed by atoms with Crippen molar-refractivity contribution < 1.29 is 4.79 Å². The smallest absolute Gasteiger partial charge is 0.253 e. The molecule has 4 rings (SSSR count). The Balaban J connectivity index is 1.70. The van der Waals surface area contributed by atoms with E-state index in [1.807, 2.05) is 30.3 Å². The fourth-order valence-corrected chi connectivity index (χ4v) is 4.96. The van der Waals surface area contributed by atoms with Gasteiger partial charge in [0.15, 0.2) is 0 Å². The summed E-state index contributed by atoms with van der Waals surface area (Å²) in [6.45, 7) is 4.37. The van der Waals surface area contributed by atoms with Gasteiger partial charge in [-0.05, 0) is 63.1 Å². The maximum atomic E-state index is 13.1. The molecule has 1 saturated heterocycles. The maximum Gasteiger partial charge on any atom is 0.253 e. The van der Waals surface area contributed by atoms with Crippen LogP contribution in [-0.2, 0) is 4.79 Å². The summed E-state index contributed by atoms with van der Waals surface area (Å²) < 4.78 is 0. The lowest BCUT2D eigenvalue weighted by Gasteiger charge is -2.57. The molecule has 1 saturated carbocycles. The number of amides is 1. The first-order valence-corrected chi connectivity index (χ1v) is 9.35. The highest BCUT2D eigenvalue weighted by molar-refractivity contribution is 6.04. The summed E-state index contributed by atoms with van der Waals surface area (Å²) in [5, 5.41) is 6.93. The van der Waals surface area contributed by atoms with E-state index < -0.39 is 0 Å². The van der Waals surface area contributed by atoms with Gasteiger partial charge in [0.2, 0.25) is 0 Å². The van der Waals surface area contributed by atoms with E-state index >= 15 is 0 Å². The van der Waals surface area contributed by atoms with Crippen LogP contribution in [0, 0.1) is 5.92 Å². The summed E-state index contributed by atoms with van der Waals surface area (Å²) in [7, 11) is 0. The Hall–Kier alpha value is -1.81. The number of carbonyl (C=O) groups excluding carboxylic acids is 1. The van der Waals surface area contributed by atoms with Crippen LogP contribution >= 0.6 is 0 Å². The van der Waals surface area contributed by atoms with Gasteiger partial charge < -0.3 is 10.2 Å². The summed E-state index contributed by atoms with van der Waals surface area (Å²) in [5.41, 5.74) is 3.31. The first kappa shape index (κ1) is 15.7. The Morgan fingerprint density at radius 1 is 1.33 bits per heavy atom. The van der Waals surface area contributed by atoms with Crippen molar-refractivity contribution >= 4 is 11.6 Å². The topological polar surface area (TPSA) is 44.4 Å². The minimum absolute atomic E-state index is 0.101. The van der Waals surface area contributed by atoms with Crippen molar-refractivity contribution in [2.24, 2.45) is 5.92 Å². The van der Waals surface area contributed by atoms with Gasteiger partial charge in [0, 0.05) is 23.5 Å². The van der Waals surface area contributed by atoms with Crippen molar-refractivity contribution in [1.82, 2.24) is 10.2 Å². The van der Waals surface area contributed by atoms with Crippen molar-refractivity contribution in [2.75, 3.05) is 18.4 Å². The van der Waals surface area contributed by atoms with Crippen molar-refractivity contribution in [3.8, 4) is 0 Å². The molecular weight excluding hydrogens is 298 g/mol. The second kappa shape index (κ2) is 6.25. The lowest BCUT2D eigenvalue weighted by Crippen LogP contribution is -2.66. The summed E-state index contributed by atoms with van der Waals surface area (Å²) in [6, 6.07) is 9.82. The number of rotatable bonds is 3. The van der Waals surface area contributed by atoms with E-state index in [-0.39, 0.29) is 11.6 Å². The molecule has 2 fully saturated rings. The molecule has 128 valence electrons. The largest absolute Gasteiger partial charge is 0.356 e. The quantitative estimate of drug-likeness (QED) is 0.894. The SMILES string of the molecule is CCC1=C(C(=O)Nc2ccccc2)[C@H]2CCC[C@]3(C2)NCCCN13. The van der Waals surface area contributed by atoms with E-state index in [1.54, 1.807) is 0 Å². The van der Waals surface area contributed by atoms with Crippen LogP contribution in [0.25, 0.3) is 0 Å². The lowest BCUT2D eigenvalue weighted by atomic mass is 9.71. The van der Waals surface area contributed by atoms with Gasteiger partial charge in [0.25, 0.3) is 5.91 Å². The molecule has 1 amide bonds. The van der Waals surface area contributed by atoms with Crippen LogP contribution in [0.5, 0.6) is 0 Å². The monoisotopic (exact) mass is 325 g/mol. The van der Waals surface area contributed by atoms with E-state index in [1.165, 1.54) is 18.5 Å². The highest BCUT2D eigenvalue weighted by atomic mass is 16.1. The zero-order chi connectivity index (χ0) is 16.6. The number of hydrogen-bond donors (Lipinski definition) is 2. The first-order chi connectivity index (χ1) is 11.7. The van der Waals surface area contributed by atoms with E-state index in [0.29, 0.717) is 5.92 Å². The molecule has 2 N–H and O–H groups in total. The number of benzene rings is 1. The van der Waals surface area contributed by atoms with Crippen molar-refractivity contribution in [1.29, 1.82) is 0 Å². The second-order valence-electron chi connectivity index (χ2n) is 7.29. The second-order valence-corrected chi connectivity index (χ2v) is 7.29. The zero-order valence-corrected chi connectivity index (χ0v) is 14.5. The third kappa shape index (κ3) is 2.53. The summed E-state index contributed by atoms with van der Waals surface area (Å²) in [5.74, 6) is 0.489. The van der Waals surface area contributed by atoms with Gasteiger partial charge in [0.1, 0.15) is 0 Å². The van der Waals surface area contributed by atoms with Crippen LogP contribution in [0.2, 0.25) is 0 Å². The predicted octanol–water partition coefficient (Wildman–Crippen LogP) is 3.48. The third-order valence-corrected chi connectivity index (χ3v) is 5.91. The number of nitrogens with zero attached hydrogens (tertiary/aromatic N) is 1. The molecule has 24 heavy (non-hydrogen) atoms. The Labute approximate surface area is 144 Å². The standard InChI is InChI=1S/C20H27N3O/c1-2-17-18(19(24)22-16-9-4-3-5-10-16)15-8-6-11-20(14-15)21-12-7-13-23(17)20/h3-5,9-10,15,21H,2,6-8,11-14H2,1H3,(H,22,24)/t15-,20-/m0/s1. The molecule has 2 aliphatic heterocycles. The lowest BCUT2D eigenvalue weighted by molar-refractivity contribution is -0.115. The molecule has 0 aromatic heterocycles. The van der Waals surface area contributed by atoms with E-state index in [9.17, 15) is 4.79 Å². The Kier molecular flexibility index (Phi) is 4.09. The Bertz CT molecular complexity index is 650. The molecule has 1 aromatic rings. The van der Waals surface area contributed by atoms with Gasteiger partial charge in [-0.3, -0.25) is 10.1 Å². The minimum Gasteiger partial charge on any atom is -0.356 e. The van der Waals surface area contributed by atoms with Crippen molar-refractivity contribution in [2.45, 2.75) is 51.1 Å². The van der Waals surface area contributed by atoms with Gasteiger partial charge in [0.05, 0.1) is 5.66 Å². The molecule has 2 heterocycles. The van der Waals surface area contributed by atoms with Crippen LogP contribution in [0.1, 0.15) is 45.4 Å². The molecule has 4 heteroatoms. The van der Waals surface area contributed by atoms with E-state index in [4.69, 9.17) is 0 Å². The summed E-state index contributed by atoms with van der Waals surface area (Å²) >= 11 is 0. The van der Waals surface area contributed by atoms with Gasteiger partial charge in [-0.25, -0.2) is 0 Å². The first-order valence-electron chi connectivity index (χ1n) is 9.35. The minimum atomic E-state index is 0.101. The fourth-order valence-electron chi connectivity index (χ4n) is 4.96. The molecule has 0 radical (unpaired) electrons. The molecule has 4 nitrogen and oxygen atoms in total. The molecule has 1 spiro atoms. The molecule has 0 unspecified atom stereocenters. The zero-order valence-electron chi connectivity index (χ0n) is 14.5. The van der Waals surface area contributed by atoms with Crippen LogP contribution in [0.3, 0.4) is 0 Å². The Morgan fingerprint density at radius 2 is 2.17 bits per heavy atom. The van der Waals surface area contributed by atoms with Gasteiger partial charge in [-0.15, -0.1) is 0 Å². The number of hydrogen-bond acceptors (Lipinski definition) is 3. The average Bonchev–Trinajstić information content (AvgIpc) is 2.61. The fraction of sp³-hybridized carbons (Fsp3) is 0.550. The number of allylic oxidation sites excluding steroid dienone is 1. The molecular formula is C20H27N3O. The predicted molar refractivity (Wildman–Crippen MR) is 96.4 cm³/mol. The molecule has 2 atom stereocenters. The van der Waals surface area contributed by atoms with Crippen LogP contribution in [0.15, 0.2) is 41.6 Å². The molecule has 2 bridgehead atoms. The number of fused-ring (bicyclic) bond motifs is 1. The number of anilines is 1. The van der Waals surface area contributed by atoms with Crippen molar-refractivity contribution in [3.05, 3.63) is 41.6 Å². The number of carbonyl (C=O) groups is 1. The molecule has 1 aliphatic carbocycles. The summed E-state index contributed by atoms with van der Waals surface area (Å²) in [6.07, 6.45) is 6.71. The van der Waals surface area contributed by atoms with Gasteiger partial charge >= 0.3 is 0 Å². The van der Waals surface area contributed by atoms with E-state index in [2.05, 4.69) is 22.5 Å². The Morgan fingerprint density at radius 3 is 2.96 bits per heavy atom. The highest BCUT2D eigenvalue weighted by Crippen LogP contribution is 2.47. The summed E-state index contributed by atoms with van der Waals surface area (Å²) in [4.78, 5) is 15.6.